The zero-order valence-corrected chi connectivity index (χ0v) is 9.09. The molecule has 78 valence electrons. The Morgan fingerprint density at radius 3 is 2.64 bits per heavy atom. The lowest BCUT2D eigenvalue weighted by atomic mass is 9.96. The predicted octanol–water partition coefficient (Wildman–Crippen LogP) is 1.53. The highest BCUT2D eigenvalue weighted by Crippen LogP contribution is 2.23. The number of nitrogens with zero attached hydrogens (tertiary/aromatic N) is 2. The van der Waals surface area contributed by atoms with Crippen LogP contribution in [0.25, 0.3) is 0 Å². The maximum Gasteiger partial charge on any atom is 0.156 e. The van der Waals surface area contributed by atoms with Crippen molar-refractivity contribution in [1.82, 2.24) is 20.5 Å². The molecule has 0 aromatic carbocycles. The maximum atomic E-state index is 4.53. The molecule has 2 rings (SSSR count). The zero-order chi connectivity index (χ0) is 10.2. The molecule has 0 radical (unpaired) electrons. The first kappa shape index (κ1) is 9.65. The molecular weight excluding hydrogens is 176 g/mol. The van der Waals surface area contributed by atoms with Crippen molar-refractivity contribution in [3.63, 3.8) is 0 Å². The third kappa shape index (κ3) is 1.80. The fraction of sp³-hybridized carbons (Fsp3) is 0.800. The molecule has 0 aliphatic carbocycles. The molecule has 2 heterocycles. The standard InChI is InChI=1S/C10H18N4/c1-10(2,3)9-12-8(13-14-9)7-5-4-6-11-7/h7,11H,4-6H2,1-3H3,(H,12,13,14). The summed E-state index contributed by atoms with van der Waals surface area (Å²) in [6.45, 7) is 7.47. The van der Waals surface area contributed by atoms with E-state index in [0.717, 1.165) is 18.2 Å². The van der Waals surface area contributed by atoms with Crippen LogP contribution in [-0.2, 0) is 5.41 Å². The average Bonchev–Trinajstić information content (AvgIpc) is 2.73. The minimum absolute atomic E-state index is 0.0351. The van der Waals surface area contributed by atoms with Crippen molar-refractivity contribution in [3.8, 4) is 0 Å². The highest BCUT2D eigenvalue weighted by molar-refractivity contribution is 5.05. The quantitative estimate of drug-likeness (QED) is 0.712. The lowest BCUT2D eigenvalue weighted by Crippen LogP contribution is -2.16. The Kier molecular flexibility index (Phi) is 2.31. The van der Waals surface area contributed by atoms with Crippen molar-refractivity contribution >= 4 is 0 Å². The molecule has 1 fully saturated rings. The summed E-state index contributed by atoms with van der Waals surface area (Å²) in [5.74, 6) is 1.90. The van der Waals surface area contributed by atoms with Crippen molar-refractivity contribution in [3.05, 3.63) is 11.6 Å². The molecular formula is C10H18N4. The minimum Gasteiger partial charge on any atom is -0.307 e. The summed E-state index contributed by atoms with van der Waals surface area (Å²) in [5, 5.41) is 10.7. The molecule has 1 aromatic heterocycles. The van der Waals surface area contributed by atoms with E-state index in [9.17, 15) is 0 Å². The van der Waals surface area contributed by atoms with E-state index in [2.05, 4.69) is 41.3 Å². The number of aromatic nitrogens is 3. The Balaban J connectivity index is 2.17. The van der Waals surface area contributed by atoms with E-state index < -0.39 is 0 Å². The summed E-state index contributed by atoms with van der Waals surface area (Å²) in [5.41, 5.74) is 0.0351. The van der Waals surface area contributed by atoms with Gasteiger partial charge in [0.2, 0.25) is 0 Å². The second-order valence-electron chi connectivity index (χ2n) is 4.94. The van der Waals surface area contributed by atoms with Crippen LogP contribution >= 0.6 is 0 Å². The van der Waals surface area contributed by atoms with Gasteiger partial charge in [-0.3, -0.25) is 5.10 Å². The van der Waals surface area contributed by atoms with Gasteiger partial charge in [0, 0.05) is 5.41 Å². The molecule has 1 aliphatic heterocycles. The van der Waals surface area contributed by atoms with E-state index in [0.29, 0.717) is 6.04 Å². The lowest BCUT2D eigenvalue weighted by Gasteiger charge is -2.12. The number of hydrogen-bond donors (Lipinski definition) is 2. The van der Waals surface area contributed by atoms with Gasteiger partial charge in [-0.25, -0.2) is 4.98 Å². The van der Waals surface area contributed by atoms with E-state index in [-0.39, 0.29) is 5.41 Å². The topological polar surface area (TPSA) is 53.6 Å². The first-order valence-electron chi connectivity index (χ1n) is 5.23. The molecule has 1 aromatic rings. The van der Waals surface area contributed by atoms with Crippen LogP contribution in [0.3, 0.4) is 0 Å². The molecule has 0 spiro atoms. The van der Waals surface area contributed by atoms with Crippen molar-refractivity contribution < 1.29 is 0 Å². The Bertz CT molecular complexity index is 304. The van der Waals surface area contributed by atoms with Gasteiger partial charge in [-0.1, -0.05) is 20.8 Å². The van der Waals surface area contributed by atoms with Crippen LogP contribution in [-0.4, -0.2) is 21.7 Å². The van der Waals surface area contributed by atoms with E-state index in [1.807, 2.05) is 0 Å². The van der Waals surface area contributed by atoms with E-state index >= 15 is 0 Å². The van der Waals surface area contributed by atoms with Gasteiger partial charge < -0.3 is 5.32 Å². The third-order valence-electron chi connectivity index (χ3n) is 2.56. The van der Waals surface area contributed by atoms with Crippen LogP contribution in [0.4, 0.5) is 0 Å². The highest BCUT2D eigenvalue weighted by Gasteiger charge is 2.24. The molecule has 0 amide bonds. The molecule has 1 unspecified atom stereocenters. The zero-order valence-electron chi connectivity index (χ0n) is 9.09. The van der Waals surface area contributed by atoms with Gasteiger partial charge >= 0.3 is 0 Å². The van der Waals surface area contributed by atoms with Crippen molar-refractivity contribution in [2.75, 3.05) is 6.54 Å². The maximum absolute atomic E-state index is 4.53. The lowest BCUT2D eigenvalue weighted by molar-refractivity contribution is 0.545. The van der Waals surface area contributed by atoms with Crippen LogP contribution in [0.2, 0.25) is 0 Å². The number of aromatic amines is 1. The summed E-state index contributed by atoms with van der Waals surface area (Å²) >= 11 is 0. The largest absolute Gasteiger partial charge is 0.307 e. The van der Waals surface area contributed by atoms with Gasteiger partial charge in [0.05, 0.1) is 6.04 Å². The number of nitrogens with one attached hydrogen (secondary N) is 2. The fourth-order valence-electron chi connectivity index (χ4n) is 1.68. The molecule has 0 saturated carbocycles. The Hall–Kier alpha value is -0.900. The van der Waals surface area contributed by atoms with Gasteiger partial charge in [-0.2, -0.15) is 5.10 Å². The summed E-state index contributed by atoms with van der Waals surface area (Å²) in [6, 6.07) is 0.388. The van der Waals surface area contributed by atoms with Crippen LogP contribution in [0.5, 0.6) is 0 Å². The summed E-state index contributed by atoms with van der Waals surface area (Å²) in [4.78, 5) is 4.53. The molecule has 14 heavy (non-hydrogen) atoms. The first-order chi connectivity index (χ1) is 6.57. The van der Waals surface area contributed by atoms with E-state index in [1.54, 1.807) is 0 Å². The second kappa shape index (κ2) is 3.35. The highest BCUT2D eigenvalue weighted by atomic mass is 15.2. The Morgan fingerprint density at radius 1 is 1.36 bits per heavy atom. The Labute approximate surface area is 84.5 Å². The summed E-state index contributed by atoms with van der Waals surface area (Å²) in [6.07, 6.45) is 2.40. The molecule has 2 N–H and O–H groups in total. The van der Waals surface area contributed by atoms with Gasteiger partial charge in [0.15, 0.2) is 5.82 Å². The molecule has 1 atom stereocenters. The number of H-pyrrole nitrogens is 1. The van der Waals surface area contributed by atoms with Crippen LogP contribution in [0.1, 0.15) is 51.3 Å². The summed E-state index contributed by atoms with van der Waals surface area (Å²) < 4.78 is 0. The van der Waals surface area contributed by atoms with Gasteiger partial charge in [0.1, 0.15) is 5.82 Å². The van der Waals surface area contributed by atoms with Crippen LogP contribution in [0.15, 0.2) is 0 Å². The van der Waals surface area contributed by atoms with Gasteiger partial charge in [-0.15, -0.1) is 0 Å². The van der Waals surface area contributed by atoms with Crippen LogP contribution in [0, 0.1) is 0 Å². The molecule has 1 saturated heterocycles. The Morgan fingerprint density at radius 2 is 2.14 bits per heavy atom. The summed E-state index contributed by atoms with van der Waals surface area (Å²) in [7, 11) is 0. The van der Waals surface area contributed by atoms with Gasteiger partial charge in [-0.05, 0) is 19.4 Å². The number of rotatable bonds is 1. The monoisotopic (exact) mass is 194 g/mol. The SMILES string of the molecule is CC(C)(C)c1n[nH]c(C2CCCN2)n1. The number of hydrogen-bond acceptors (Lipinski definition) is 3. The molecule has 0 bridgehead atoms. The van der Waals surface area contributed by atoms with Crippen molar-refractivity contribution in [2.24, 2.45) is 0 Å². The smallest absolute Gasteiger partial charge is 0.156 e. The normalized spacial score (nSPS) is 22.9. The van der Waals surface area contributed by atoms with Crippen LogP contribution < -0.4 is 5.32 Å². The first-order valence-corrected chi connectivity index (χ1v) is 5.23. The minimum atomic E-state index is 0.0351. The molecule has 4 heteroatoms. The van der Waals surface area contributed by atoms with Gasteiger partial charge in [0.25, 0.3) is 0 Å². The molecule has 4 nitrogen and oxygen atoms in total. The van der Waals surface area contributed by atoms with Crippen molar-refractivity contribution in [2.45, 2.75) is 45.1 Å². The fourth-order valence-corrected chi connectivity index (χ4v) is 1.68. The van der Waals surface area contributed by atoms with Crippen molar-refractivity contribution in [1.29, 1.82) is 0 Å². The second-order valence-corrected chi connectivity index (χ2v) is 4.94. The molecule has 1 aliphatic rings. The predicted molar refractivity (Wildman–Crippen MR) is 55.1 cm³/mol. The van der Waals surface area contributed by atoms with E-state index in [4.69, 9.17) is 0 Å². The van der Waals surface area contributed by atoms with E-state index in [1.165, 1.54) is 12.8 Å². The third-order valence-corrected chi connectivity index (χ3v) is 2.56. The average molecular weight is 194 g/mol.